The van der Waals surface area contributed by atoms with E-state index in [0.29, 0.717) is 17.9 Å². The van der Waals surface area contributed by atoms with Crippen molar-refractivity contribution in [3.63, 3.8) is 0 Å². The molecular weight excluding hydrogens is 254 g/mol. The highest BCUT2D eigenvalue weighted by Gasteiger charge is 2.02. The maximum absolute atomic E-state index is 10.6. The Balaban J connectivity index is 2.04. The van der Waals surface area contributed by atoms with Gasteiger partial charge in [-0.3, -0.25) is 4.79 Å². The summed E-state index contributed by atoms with van der Waals surface area (Å²) >= 11 is 0. The van der Waals surface area contributed by atoms with Gasteiger partial charge in [0, 0.05) is 17.7 Å². The van der Waals surface area contributed by atoms with Crippen LogP contribution in [-0.4, -0.2) is 11.0 Å². The first-order chi connectivity index (χ1) is 9.65. The monoisotopic (exact) mass is 269 g/mol. The van der Waals surface area contributed by atoms with Gasteiger partial charge in [-0.25, -0.2) is 0 Å². The number of primary amides is 1. The number of hydrogen-bond donors (Lipinski definition) is 2. The van der Waals surface area contributed by atoms with Crippen molar-refractivity contribution in [1.82, 2.24) is 0 Å². The maximum atomic E-state index is 10.6. The van der Waals surface area contributed by atoms with E-state index in [9.17, 15) is 9.90 Å². The van der Waals surface area contributed by atoms with E-state index >= 15 is 0 Å². The maximum Gasteiger partial charge on any atom is 0.241 e. The second-order valence-electron chi connectivity index (χ2n) is 4.23. The number of carbonyl (C=O) groups is 1. The Kier molecular flexibility index (Phi) is 4.39. The first kappa shape index (κ1) is 13.7. The minimum absolute atomic E-state index is 0.0352. The molecule has 0 aliphatic heterocycles. The molecule has 3 N–H and O–H groups in total. The van der Waals surface area contributed by atoms with Crippen LogP contribution in [0.2, 0.25) is 0 Å². The predicted octanol–water partition coefficient (Wildman–Crippen LogP) is 2.47. The molecule has 4 nitrogen and oxygen atoms in total. The summed E-state index contributed by atoms with van der Waals surface area (Å²) in [5, 5.41) is 9.82. The molecule has 0 heterocycles. The van der Waals surface area contributed by atoms with Gasteiger partial charge in [0.2, 0.25) is 5.91 Å². The zero-order valence-electron chi connectivity index (χ0n) is 10.8. The molecular formula is C16H15NO3. The van der Waals surface area contributed by atoms with Crippen LogP contribution in [0.3, 0.4) is 0 Å². The van der Waals surface area contributed by atoms with Gasteiger partial charge in [-0.05, 0) is 23.8 Å². The molecule has 2 aromatic rings. The molecule has 0 aromatic heterocycles. The van der Waals surface area contributed by atoms with Gasteiger partial charge in [0.05, 0.1) is 0 Å². The van der Waals surface area contributed by atoms with Crippen LogP contribution >= 0.6 is 0 Å². The van der Waals surface area contributed by atoms with Gasteiger partial charge >= 0.3 is 0 Å². The molecule has 0 fully saturated rings. The van der Waals surface area contributed by atoms with Gasteiger partial charge in [-0.15, -0.1) is 0 Å². The van der Waals surface area contributed by atoms with Crippen molar-refractivity contribution >= 4 is 12.0 Å². The first-order valence-corrected chi connectivity index (χ1v) is 6.12. The van der Waals surface area contributed by atoms with Crippen molar-refractivity contribution in [3.05, 3.63) is 65.7 Å². The topological polar surface area (TPSA) is 72.6 Å². The molecule has 0 saturated heterocycles. The first-order valence-electron chi connectivity index (χ1n) is 6.12. The summed E-state index contributed by atoms with van der Waals surface area (Å²) in [5.74, 6) is 0.0319. The van der Waals surface area contributed by atoms with Crippen LogP contribution < -0.4 is 10.5 Å². The third-order valence-electron chi connectivity index (χ3n) is 2.68. The van der Waals surface area contributed by atoms with Crippen molar-refractivity contribution in [2.75, 3.05) is 0 Å². The second-order valence-corrected chi connectivity index (χ2v) is 4.23. The van der Waals surface area contributed by atoms with Crippen molar-refractivity contribution in [2.45, 2.75) is 6.61 Å². The quantitative estimate of drug-likeness (QED) is 0.819. The fourth-order valence-electron chi connectivity index (χ4n) is 1.67. The van der Waals surface area contributed by atoms with Gasteiger partial charge in [-0.1, -0.05) is 30.3 Å². The Morgan fingerprint density at radius 2 is 1.95 bits per heavy atom. The smallest absolute Gasteiger partial charge is 0.241 e. The highest BCUT2D eigenvalue weighted by atomic mass is 16.5. The van der Waals surface area contributed by atoms with E-state index in [-0.39, 0.29) is 5.75 Å². The number of phenolic OH excluding ortho intramolecular Hbond substituents is 1. The Labute approximate surface area is 117 Å². The average molecular weight is 269 g/mol. The van der Waals surface area contributed by atoms with E-state index in [4.69, 9.17) is 10.5 Å². The molecule has 2 rings (SSSR count). The standard InChI is InChI=1S/C16H15NO3/c17-16(19)9-7-13-6-8-14(10-15(13)18)20-11-12-4-2-1-3-5-12/h1-10,18H,11H2,(H2,17,19). The molecule has 0 unspecified atom stereocenters. The fourth-order valence-corrected chi connectivity index (χ4v) is 1.67. The number of amides is 1. The number of nitrogens with two attached hydrogens (primary N) is 1. The van der Waals surface area contributed by atoms with Crippen LogP contribution in [0.15, 0.2) is 54.6 Å². The number of benzene rings is 2. The molecule has 0 aliphatic carbocycles. The van der Waals surface area contributed by atoms with E-state index in [1.807, 2.05) is 30.3 Å². The van der Waals surface area contributed by atoms with Gasteiger partial charge in [0.1, 0.15) is 18.1 Å². The van der Waals surface area contributed by atoms with Crippen LogP contribution in [-0.2, 0) is 11.4 Å². The van der Waals surface area contributed by atoms with E-state index in [1.165, 1.54) is 18.2 Å². The third kappa shape index (κ3) is 3.88. The molecule has 0 bridgehead atoms. The predicted molar refractivity (Wildman–Crippen MR) is 77.1 cm³/mol. The average Bonchev–Trinajstić information content (AvgIpc) is 2.45. The lowest BCUT2D eigenvalue weighted by molar-refractivity contribution is -0.113. The summed E-state index contributed by atoms with van der Waals surface area (Å²) in [6.07, 6.45) is 2.65. The SMILES string of the molecule is NC(=O)C=Cc1ccc(OCc2ccccc2)cc1O. The summed E-state index contributed by atoms with van der Waals surface area (Å²) in [6.45, 7) is 0.427. The van der Waals surface area contributed by atoms with Crippen LogP contribution in [0.5, 0.6) is 11.5 Å². The number of aromatic hydroxyl groups is 1. The molecule has 1 amide bonds. The Bertz CT molecular complexity index is 621. The van der Waals surface area contributed by atoms with Gasteiger partial charge in [0.15, 0.2) is 0 Å². The molecule has 4 heteroatoms. The van der Waals surface area contributed by atoms with Crippen LogP contribution in [0.4, 0.5) is 0 Å². The fraction of sp³-hybridized carbons (Fsp3) is 0.0625. The number of phenols is 1. The largest absolute Gasteiger partial charge is 0.507 e. The van der Waals surface area contributed by atoms with Gasteiger partial charge in [-0.2, -0.15) is 0 Å². The number of rotatable bonds is 5. The zero-order valence-corrected chi connectivity index (χ0v) is 10.8. The molecule has 0 spiro atoms. The lowest BCUT2D eigenvalue weighted by atomic mass is 10.1. The van der Waals surface area contributed by atoms with Crippen LogP contribution in [0.1, 0.15) is 11.1 Å². The summed E-state index contributed by atoms with van der Waals surface area (Å²) in [4.78, 5) is 10.6. The van der Waals surface area contributed by atoms with Crippen molar-refractivity contribution in [2.24, 2.45) is 5.73 Å². The summed E-state index contributed by atoms with van der Waals surface area (Å²) in [6, 6.07) is 14.6. The minimum atomic E-state index is -0.561. The van der Waals surface area contributed by atoms with Crippen LogP contribution in [0.25, 0.3) is 6.08 Å². The Hall–Kier alpha value is -2.75. The molecule has 0 radical (unpaired) electrons. The molecule has 2 aromatic carbocycles. The molecule has 0 saturated carbocycles. The number of hydrogen-bond acceptors (Lipinski definition) is 3. The highest BCUT2D eigenvalue weighted by molar-refractivity contribution is 5.90. The summed E-state index contributed by atoms with van der Waals surface area (Å²) in [7, 11) is 0. The second kappa shape index (κ2) is 6.43. The zero-order chi connectivity index (χ0) is 14.4. The Morgan fingerprint density at radius 3 is 2.60 bits per heavy atom. The third-order valence-corrected chi connectivity index (χ3v) is 2.68. The van der Waals surface area contributed by atoms with Crippen molar-refractivity contribution in [1.29, 1.82) is 0 Å². The lowest BCUT2D eigenvalue weighted by Crippen LogP contribution is -2.05. The molecule has 102 valence electrons. The molecule has 0 atom stereocenters. The molecule has 20 heavy (non-hydrogen) atoms. The summed E-state index contributed by atoms with van der Waals surface area (Å²) < 4.78 is 5.58. The normalized spacial score (nSPS) is 10.6. The van der Waals surface area contributed by atoms with Gasteiger partial charge < -0.3 is 15.6 Å². The highest BCUT2D eigenvalue weighted by Crippen LogP contribution is 2.25. The number of ether oxygens (including phenoxy) is 1. The van der Waals surface area contributed by atoms with Crippen molar-refractivity contribution in [3.8, 4) is 11.5 Å². The van der Waals surface area contributed by atoms with Crippen molar-refractivity contribution < 1.29 is 14.6 Å². The van der Waals surface area contributed by atoms with Crippen LogP contribution in [0, 0.1) is 0 Å². The van der Waals surface area contributed by atoms with E-state index in [1.54, 1.807) is 12.1 Å². The molecule has 0 aliphatic rings. The van der Waals surface area contributed by atoms with E-state index in [2.05, 4.69) is 0 Å². The van der Waals surface area contributed by atoms with E-state index in [0.717, 1.165) is 5.56 Å². The van der Waals surface area contributed by atoms with E-state index < -0.39 is 5.91 Å². The Morgan fingerprint density at radius 1 is 1.20 bits per heavy atom. The lowest BCUT2D eigenvalue weighted by Gasteiger charge is -2.07. The number of carbonyl (C=O) groups excluding carboxylic acids is 1. The van der Waals surface area contributed by atoms with Gasteiger partial charge in [0.25, 0.3) is 0 Å². The summed E-state index contributed by atoms with van der Waals surface area (Å²) in [5.41, 5.74) is 6.56. The minimum Gasteiger partial charge on any atom is -0.507 e.